The van der Waals surface area contributed by atoms with E-state index in [0.717, 1.165) is 25.7 Å². The fourth-order valence-electron chi connectivity index (χ4n) is 2.79. The molecule has 0 heterocycles. The van der Waals surface area contributed by atoms with Crippen molar-refractivity contribution in [3.8, 4) is 5.75 Å². The first-order chi connectivity index (χ1) is 9.17. The summed E-state index contributed by atoms with van der Waals surface area (Å²) in [5, 5.41) is 0. The molecule has 1 aliphatic carbocycles. The molecular weight excluding hydrogens is 246 g/mol. The minimum atomic E-state index is -0.856. The Labute approximate surface area is 113 Å². The third kappa shape index (κ3) is 2.96. The SMILES string of the molecule is C=CC1CCC(c2ccc(OCC)c(F)c2F)CC1. The zero-order valence-corrected chi connectivity index (χ0v) is 11.3. The highest BCUT2D eigenvalue weighted by Gasteiger charge is 2.25. The zero-order chi connectivity index (χ0) is 13.8. The molecule has 0 saturated heterocycles. The summed E-state index contributed by atoms with van der Waals surface area (Å²) in [7, 11) is 0. The van der Waals surface area contributed by atoms with E-state index in [9.17, 15) is 8.78 Å². The van der Waals surface area contributed by atoms with Crippen LogP contribution in [0.2, 0.25) is 0 Å². The number of allylic oxidation sites excluding steroid dienone is 1. The Morgan fingerprint density at radius 2 is 1.89 bits per heavy atom. The number of hydrogen-bond acceptors (Lipinski definition) is 1. The van der Waals surface area contributed by atoms with Crippen LogP contribution in [0, 0.1) is 17.6 Å². The van der Waals surface area contributed by atoms with E-state index in [1.54, 1.807) is 13.0 Å². The summed E-state index contributed by atoms with van der Waals surface area (Å²) < 4.78 is 33.0. The lowest BCUT2D eigenvalue weighted by Gasteiger charge is -2.27. The van der Waals surface area contributed by atoms with Crippen molar-refractivity contribution in [1.82, 2.24) is 0 Å². The lowest BCUT2D eigenvalue weighted by atomic mass is 9.78. The first kappa shape index (κ1) is 14.0. The van der Waals surface area contributed by atoms with Gasteiger partial charge in [-0.2, -0.15) is 4.39 Å². The normalized spacial score (nSPS) is 23.1. The van der Waals surface area contributed by atoms with E-state index in [2.05, 4.69) is 6.58 Å². The van der Waals surface area contributed by atoms with Crippen LogP contribution in [0.1, 0.15) is 44.1 Å². The molecule has 0 spiro atoms. The molecule has 1 aromatic rings. The second kappa shape index (κ2) is 6.18. The summed E-state index contributed by atoms with van der Waals surface area (Å²) in [5.74, 6) is -0.963. The van der Waals surface area contributed by atoms with Gasteiger partial charge in [-0.3, -0.25) is 0 Å². The smallest absolute Gasteiger partial charge is 0.200 e. The van der Waals surface area contributed by atoms with Gasteiger partial charge in [-0.1, -0.05) is 12.1 Å². The lowest BCUT2D eigenvalue weighted by Crippen LogP contribution is -2.13. The van der Waals surface area contributed by atoms with Crippen molar-refractivity contribution in [3.05, 3.63) is 42.0 Å². The van der Waals surface area contributed by atoms with Crippen LogP contribution in [0.15, 0.2) is 24.8 Å². The first-order valence-corrected chi connectivity index (χ1v) is 6.90. The average Bonchev–Trinajstić information content (AvgIpc) is 2.45. The molecular formula is C16H20F2O. The van der Waals surface area contributed by atoms with Crippen molar-refractivity contribution in [2.45, 2.75) is 38.5 Å². The minimum Gasteiger partial charge on any atom is -0.491 e. The minimum absolute atomic E-state index is 0.00327. The van der Waals surface area contributed by atoms with Gasteiger partial charge in [0.1, 0.15) is 0 Å². The molecule has 1 nitrogen and oxygen atoms in total. The highest BCUT2D eigenvalue weighted by molar-refractivity contribution is 5.33. The predicted octanol–water partition coefficient (Wildman–Crippen LogP) is 4.82. The van der Waals surface area contributed by atoms with Crippen molar-refractivity contribution in [1.29, 1.82) is 0 Å². The van der Waals surface area contributed by atoms with Crippen molar-refractivity contribution in [2.75, 3.05) is 6.61 Å². The molecule has 0 atom stereocenters. The quantitative estimate of drug-likeness (QED) is 0.710. The van der Waals surface area contributed by atoms with Crippen molar-refractivity contribution in [3.63, 3.8) is 0 Å². The number of rotatable bonds is 4. The predicted molar refractivity (Wildman–Crippen MR) is 72.4 cm³/mol. The molecule has 1 aromatic carbocycles. The van der Waals surface area contributed by atoms with E-state index in [0.29, 0.717) is 18.1 Å². The van der Waals surface area contributed by atoms with Crippen molar-refractivity contribution < 1.29 is 13.5 Å². The topological polar surface area (TPSA) is 9.23 Å². The van der Waals surface area contributed by atoms with Crippen LogP contribution in [-0.4, -0.2) is 6.61 Å². The van der Waals surface area contributed by atoms with E-state index in [4.69, 9.17) is 4.74 Å². The van der Waals surface area contributed by atoms with Crippen molar-refractivity contribution >= 4 is 0 Å². The second-order valence-electron chi connectivity index (χ2n) is 5.06. The van der Waals surface area contributed by atoms with E-state index in [1.807, 2.05) is 6.08 Å². The summed E-state index contributed by atoms with van der Waals surface area (Å²) in [4.78, 5) is 0. The Bertz CT molecular complexity index is 448. The molecule has 104 valence electrons. The van der Waals surface area contributed by atoms with Crippen LogP contribution in [0.3, 0.4) is 0 Å². The van der Waals surface area contributed by atoms with E-state index in [-0.39, 0.29) is 11.7 Å². The van der Waals surface area contributed by atoms with Gasteiger partial charge in [0.05, 0.1) is 6.61 Å². The van der Waals surface area contributed by atoms with Crippen molar-refractivity contribution in [2.24, 2.45) is 5.92 Å². The maximum atomic E-state index is 14.1. The number of hydrogen-bond donors (Lipinski definition) is 0. The maximum absolute atomic E-state index is 14.1. The fraction of sp³-hybridized carbons (Fsp3) is 0.500. The molecule has 0 aromatic heterocycles. The molecule has 1 fully saturated rings. The van der Waals surface area contributed by atoms with Crippen LogP contribution in [0.4, 0.5) is 8.78 Å². The molecule has 0 aliphatic heterocycles. The molecule has 0 N–H and O–H groups in total. The standard InChI is InChI=1S/C16H20F2O/c1-3-11-5-7-12(8-6-11)13-9-10-14(19-4-2)16(18)15(13)17/h3,9-12H,1,4-8H2,2H3. The average molecular weight is 266 g/mol. The highest BCUT2D eigenvalue weighted by atomic mass is 19.2. The van der Waals surface area contributed by atoms with Gasteiger partial charge in [0, 0.05) is 0 Å². The zero-order valence-electron chi connectivity index (χ0n) is 11.3. The molecule has 3 heteroatoms. The van der Waals surface area contributed by atoms with Gasteiger partial charge in [0.15, 0.2) is 11.6 Å². The monoisotopic (exact) mass is 266 g/mol. The summed E-state index contributed by atoms with van der Waals surface area (Å²) in [6.07, 6.45) is 5.75. The Balaban J connectivity index is 2.17. The van der Waals surface area contributed by atoms with Gasteiger partial charge < -0.3 is 4.74 Å². The Morgan fingerprint density at radius 1 is 1.21 bits per heavy atom. The molecule has 0 radical (unpaired) electrons. The van der Waals surface area contributed by atoms with Gasteiger partial charge in [0.25, 0.3) is 0 Å². The van der Waals surface area contributed by atoms with Crippen LogP contribution < -0.4 is 4.74 Å². The highest BCUT2D eigenvalue weighted by Crippen LogP contribution is 2.38. The Morgan fingerprint density at radius 3 is 2.47 bits per heavy atom. The fourth-order valence-corrected chi connectivity index (χ4v) is 2.79. The van der Waals surface area contributed by atoms with Crippen LogP contribution >= 0.6 is 0 Å². The van der Waals surface area contributed by atoms with Gasteiger partial charge in [-0.05, 0) is 56.1 Å². The van der Waals surface area contributed by atoms with E-state index in [1.165, 1.54) is 6.07 Å². The summed E-state index contributed by atoms with van der Waals surface area (Å²) in [6.45, 7) is 5.88. The van der Waals surface area contributed by atoms with Gasteiger partial charge in [-0.25, -0.2) is 4.39 Å². The van der Waals surface area contributed by atoms with Crippen LogP contribution in [0.25, 0.3) is 0 Å². The molecule has 19 heavy (non-hydrogen) atoms. The van der Waals surface area contributed by atoms with Gasteiger partial charge in [-0.15, -0.1) is 6.58 Å². The number of benzene rings is 1. The largest absolute Gasteiger partial charge is 0.491 e. The Kier molecular flexibility index (Phi) is 4.56. The maximum Gasteiger partial charge on any atom is 0.200 e. The van der Waals surface area contributed by atoms with E-state index < -0.39 is 11.6 Å². The van der Waals surface area contributed by atoms with Gasteiger partial charge in [0.2, 0.25) is 5.82 Å². The second-order valence-corrected chi connectivity index (χ2v) is 5.06. The summed E-state index contributed by atoms with van der Waals surface area (Å²) >= 11 is 0. The van der Waals surface area contributed by atoms with Gasteiger partial charge >= 0.3 is 0 Å². The lowest BCUT2D eigenvalue weighted by molar-refractivity contribution is 0.310. The van der Waals surface area contributed by atoms with Crippen LogP contribution in [0.5, 0.6) is 5.75 Å². The summed E-state index contributed by atoms with van der Waals surface area (Å²) in [6, 6.07) is 3.21. The third-order valence-corrected chi connectivity index (χ3v) is 3.92. The third-order valence-electron chi connectivity index (χ3n) is 3.92. The molecule has 0 amide bonds. The summed E-state index contributed by atoms with van der Waals surface area (Å²) in [5.41, 5.74) is 0.489. The number of ether oxygens (including phenoxy) is 1. The molecule has 0 unspecified atom stereocenters. The van der Waals surface area contributed by atoms with Crippen LogP contribution in [-0.2, 0) is 0 Å². The molecule has 1 saturated carbocycles. The Hall–Kier alpha value is -1.38. The molecule has 2 rings (SSSR count). The molecule has 1 aliphatic rings. The molecule has 0 bridgehead atoms. The number of halogens is 2. The van der Waals surface area contributed by atoms with E-state index >= 15 is 0 Å². The first-order valence-electron chi connectivity index (χ1n) is 6.90.